The summed E-state index contributed by atoms with van der Waals surface area (Å²) in [6, 6.07) is 8.44. The molecule has 0 aromatic heterocycles. The maximum Gasteiger partial charge on any atom is 0.328 e. The van der Waals surface area contributed by atoms with Crippen molar-refractivity contribution in [2.45, 2.75) is 6.92 Å². The third-order valence-corrected chi connectivity index (χ3v) is 4.52. The number of amides is 1. The summed E-state index contributed by atoms with van der Waals surface area (Å²) in [6.45, 7) is 1.54. The monoisotopic (exact) mass is 482 g/mol. The lowest BCUT2D eigenvalue weighted by Crippen LogP contribution is -2.23. The van der Waals surface area contributed by atoms with Gasteiger partial charge in [0.2, 0.25) is 0 Å². The molecule has 0 unspecified atom stereocenters. The first-order chi connectivity index (χ1) is 15.2. The zero-order valence-corrected chi connectivity index (χ0v) is 18.8. The highest BCUT2D eigenvalue weighted by Crippen LogP contribution is 2.30. The summed E-state index contributed by atoms with van der Waals surface area (Å²) >= 11 is 6.05. The Morgan fingerprint density at radius 3 is 2.62 bits per heavy atom. The van der Waals surface area contributed by atoms with Gasteiger partial charge in [0.1, 0.15) is 30.3 Å². The second-order valence-corrected chi connectivity index (χ2v) is 7.65. The first-order valence-corrected chi connectivity index (χ1v) is 10.6. The van der Waals surface area contributed by atoms with Crippen LogP contribution in [-0.2, 0) is 9.32 Å². The molecule has 11 heteroatoms. The summed E-state index contributed by atoms with van der Waals surface area (Å²) in [4.78, 5) is 42.9. The molecule has 0 bridgehead atoms. The molecule has 0 aliphatic rings. The van der Waals surface area contributed by atoms with Crippen LogP contribution in [0.4, 0.5) is 4.39 Å². The van der Waals surface area contributed by atoms with Gasteiger partial charge in [0.05, 0.1) is 5.56 Å². The first-order valence-electron chi connectivity index (χ1n) is 9.09. The maximum atomic E-state index is 13.4. The number of rotatable bonds is 10. The van der Waals surface area contributed by atoms with Crippen LogP contribution in [0.2, 0.25) is 5.02 Å². The van der Waals surface area contributed by atoms with Crippen molar-refractivity contribution in [2.75, 3.05) is 13.8 Å². The largest absolute Gasteiger partial charge is 0.456 e. The van der Waals surface area contributed by atoms with Gasteiger partial charge in [0.15, 0.2) is 0 Å². The van der Waals surface area contributed by atoms with Gasteiger partial charge < -0.3 is 24.7 Å². The number of nitrogens with one attached hydrogen (secondary N) is 1. The van der Waals surface area contributed by atoms with E-state index in [9.17, 15) is 14.0 Å². The summed E-state index contributed by atoms with van der Waals surface area (Å²) in [7, 11) is -0.919. The number of aryl methyl sites for hydroxylation is 1. The molecule has 2 rings (SSSR count). The van der Waals surface area contributed by atoms with Gasteiger partial charge in [-0.2, -0.15) is 0 Å². The fourth-order valence-electron chi connectivity index (χ4n) is 2.42. The van der Waals surface area contributed by atoms with Crippen LogP contribution in [0.15, 0.2) is 60.4 Å². The highest BCUT2D eigenvalue weighted by Gasteiger charge is 2.16. The van der Waals surface area contributed by atoms with E-state index in [4.69, 9.17) is 26.1 Å². The summed E-state index contributed by atoms with van der Waals surface area (Å²) in [5.41, 5.74) is 0.778. The van der Waals surface area contributed by atoms with Crippen LogP contribution in [0.25, 0.3) is 0 Å². The van der Waals surface area contributed by atoms with Crippen molar-refractivity contribution in [1.82, 2.24) is 10.2 Å². The quantitative estimate of drug-likeness (QED) is 0.154. The lowest BCUT2D eigenvalue weighted by Gasteiger charge is -2.15. The van der Waals surface area contributed by atoms with Crippen LogP contribution >= 0.6 is 20.2 Å². The van der Waals surface area contributed by atoms with E-state index in [0.29, 0.717) is 17.6 Å². The van der Waals surface area contributed by atoms with Crippen LogP contribution in [0.3, 0.4) is 0 Å². The molecule has 0 radical (unpaired) electrons. The summed E-state index contributed by atoms with van der Waals surface area (Å²) in [6.07, 6.45) is 4.51. The zero-order chi connectivity index (χ0) is 23.7. The number of allylic oxidation sites excluding steroid dienone is 2. The zero-order valence-electron chi connectivity index (χ0n) is 17.2. The summed E-state index contributed by atoms with van der Waals surface area (Å²) in [5.74, 6) is -0.473. The van der Waals surface area contributed by atoms with Gasteiger partial charge in [-0.25, -0.2) is 4.39 Å². The molecule has 0 saturated heterocycles. The number of carbonyl (C=O) groups is 2. The topological polar surface area (TPSA) is 108 Å². The van der Waals surface area contributed by atoms with Crippen LogP contribution in [0, 0.1) is 12.7 Å². The van der Waals surface area contributed by atoms with Gasteiger partial charge in [-0.3, -0.25) is 14.1 Å². The molecule has 32 heavy (non-hydrogen) atoms. The van der Waals surface area contributed by atoms with Crippen molar-refractivity contribution in [3.8, 4) is 11.5 Å². The summed E-state index contributed by atoms with van der Waals surface area (Å²) in [5, 5.41) is 2.86. The third kappa shape index (κ3) is 8.03. The van der Waals surface area contributed by atoms with Crippen LogP contribution in [0.5, 0.6) is 11.5 Å². The van der Waals surface area contributed by atoms with Crippen molar-refractivity contribution >= 4 is 32.4 Å². The first kappa shape index (κ1) is 25.5. The molecule has 3 N–H and O–H groups in total. The standard InChI is InChI=1S/C21H21ClFN2O6P/c1-14-11-16(23)4-6-19(14)31-20-5-3-15(22)12-18(20)21(27)24-17(8-10-26)7-9-25(2)13-30-32(28)29/h3-12,28-29H,13H2,1-2H3,(H,24,27)/b9-7-,17-8+. The number of nitrogens with zero attached hydrogens (tertiary/aromatic N) is 1. The van der Waals surface area contributed by atoms with Crippen molar-refractivity contribution < 1.29 is 33.0 Å². The molecule has 0 heterocycles. The van der Waals surface area contributed by atoms with Crippen molar-refractivity contribution in [2.24, 2.45) is 0 Å². The molecule has 2 aromatic rings. The Labute approximate surface area is 190 Å². The van der Waals surface area contributed by atoms with E-state index in [0.717, 1.165) is 6.08 Å². The van der Waals surface area contributed by atoms with Crippen molar-refractivity contribution in [3.05, 3.63) is 82.4 Å². The average Bonchev–Trinajstić information content (AvgIpc) is 2.73. The number of hydrogen-bond donors (Lipinski definition) is 3. The lowest BCUT2D eigenvalue weighted by atomic mass is 10.1. The smallest absolute Gasteiger partial charge is 0.328 e. The molecule has 0 spiro atoms. The molecule has 0 aliphatic carbocycles. The Morgan fingerprint density at radius 1 is 1.25 bits per heavy atom. The van der Waals surface area contributed by atoms with Gasteiger partial charge >= 0.3 is 8.60 Å². The molecule has 0 atom stereocenters. The predicted octanol–water partition coefficient (Wildman–Crippen LogP) is 4.02. The number of hydrogen-bond acceptors (Lipinski definition) is 7. The second kappa shape index (κ2) is 12.3. The molecule has 8 nitrogen and oxygen atoms in total. The highest BCUT2D eigenvalue weighted by molar-refractivity contribution is 7.39. The third-order valence-electron chi connectivity index (χ3n) is 3.93. The van der Waals surface area contributed by atoms with E-state index in [2.05, 4.69) is 9.84 Å². The molecule has 2 aromatic carbocycles. The fraction of sp³-hybridized carbons (Fsp3) is 0.143. The van der Waals surface area contributed by atoms with Crippen molar-refractivity contribution in [1.29, 1.82) is 0 Å². The fourth-order valence-corrected chi connectivity index (χ4v) is 2.88. The number of benzene rings is 2. The Morgan fingerprint density at radius 2 is 1.97 bits per heavy atom. The minimum absolute atomic E-state index is 0.0920. The molecule has 170 valence electrons. The minimum Gasteiger partial charge on any atom is -0.456 e. The van der Waals surface area contributed by atoms with E-state index >= 15 is 0 Å². The number of ether oxygens (including phenoxy) is 1. The minimum atomic E-state index is -2.51. The molecular formula is C21H21ClFN2O6P. The molecular weight excluding hydrogens is 462 g/mol. The van der Waals surface area contributed by atoms with Gasteiger partial charge in [0.25, 0.3) is 5.91 Å². The number of carbonyl (C=O) groups excluding carboxylic acids is 2. The summed E-state index contributed by atoms with van der Waals surface area (Å²) < 4.78 is 23.8. The van der Waals surface area contributed by atoms with E-state index in [-0.39, 0.29) is 28.8 Å². The van der Waals surface area contributed by atoms with Crippen LogP contribution in [0.1, 0.15) is 15.9 Å². The lowest BCUT2D eigenvalue weighted by molar-refractivity contribution is -0.104. The Hall–Kier alpha value is -2.81. The second-order valence-electron chi connectivity index (χ2n) is 6.45. The Balaban J connectivity index is 2.22. The number of aldehydes is 1. The maximum absolute atomic E-state index is 13.4. The SMILES string of the molecule is Cc1cc(F)ccc1Oc1ccc(Cl)cc1C(=O)NC(/C=C\N(C)COP(O)O)=C/C=O. The van der Waals surface area contributed by atoms with Gasteiger partial charge in [-0.15, -0.1) is 0 Å². The van der Waals surface area contributed by atoms with Gasteiger partial charge in [0, 0.05) is 30.0 Å². The Kier molecular flexibility index (Phi) is 9.77. The van der Waals surface area contributed by atoms with Crippen LogP contribution in [-0.4, -0.2) is 40.7 Å². The highest BCUT2D eigenvalue weighted by atomic mass is 35.5. The van der Waals surface area contributed by atoms with E-state index in [1.807, 2.05) is 0 Å². The molecule has 1 amide bonds. The van der Waals surface area contributed by atoms with Gasteiger partial charge in [-0.05, 0) is 55.0 Å². The molecule has 0 fully saturated rings. The normalized spacial score (nSPS) is 11.7. The average molecular weight is 483 g/mol. The Bertz CT molecular complexity index is 1030. The van der Waals surface area contributed by atoms with Crippen LogP contribution < -0.4 is 10.1 Å². The number of halogens is 2. The van der Waals surface area contributed by atoms with E-state index < -0.39 is 20.3 Å². The van der Waals surface area contributed by atoms with E-state index in [1.165, 1.54) is 47.5 Å². The van der Waals surface area contributed by atoms with E-state index in [1.54, 1.807) is 20.0 Å². The van der Waals surface area contributed by atoms with Gasteiger partial charge in [-0.1, -0.05) is 11.6 Å². The predicted molar refractivity (Wildman–Crippen MR) is 118 cm³/mol. The molecule has 0 aliphatic heterocycles. The van der Waals surface area contributed by atoms with Crippen molar-refractivity contribution in [3.63, 3.8) is 0 Å². The molecule has 0 saturated carbocycles.